The molecule has 3 heterocycles. The van der Waals surface area contributed by atoms with E-state index in [1.54, 1.807) is 0 Å². The van der Waals surface area contributed by atoms with Gasteiger partial charge >= 0.3 is 0 Å². The second-order valence-electron chi connectivity index (χ2n) is 14.8. The zero-order chi connectivity index (χ0) is 37.5. The van der Waals surface area contributed by atoms with E-state index in [0.717, 1.165) is 33.7 Å². The molecule has 12 rings (SSSR count). The monoisotopic (exact) mass is 760 g/mol. The normalized spacial score (nSPS) is 11.9. The fraction of sp³-hybridized carbons (Fsp3) is 0. The molecule has 0 aliphatic heterocycles. The maximum absolute atomic E-state index is 4.75. The van der Waals surface area contributed by atoms with Gasteiger partial charge in [0.2, 0.25) is 0 Å². The number of hydrogen-bond donors (Lipinski definition) is 0. The van der Waals surface area contributed by atoms with Crippen LogP contribution in [0.2, 0.25) is 0 Å². The molecule has 12 aromatic rings. The number of nitrogens with zero attached hydrogens (tertiary/aromatic N) is 2. The average Bonchev–Trinajstić information content (AvgIpc) is 3.81. The molecule has 0 amide bonds. The standard InChI is InChI=1S/C53H32N2S2/c1-3-10-39-28-50-47(25-36(39)7-1)45-23-21-43(30-52(45)56-50)55(44-22-24-46-48-26-37-8-2-4-11-40(37)29-51(48)57-53(46)31-44)42-19-17-34(18-20-42)33-13-15-35(16-14-33)49-27-38-9-5-6-12-41(38)32-54-49/h1-32H. The highest BCUT2D eigenvalue weighted by Gasteiger charge is 2.18. The number of hydrogen-bond acceptors (Lipinski definition) is 4. The highest BCUT2D eigenvalue weighted by Crippen LogP contribution is 2.44. The first-order valence-electron chi connectivity index (χ1n) is 19.2. The lowest BCUT2D eigenvalue weighted by atomic mass is 10.0. The van der Waals surface area contributed by atoms with Crippen LogP contribution < -0.4 is 4.90 Å². The summed E-state index contributed by atoms with van der Waals surface area (Å²) in [4.78, 5) is 7.17. The van der Waals surface area contributed by atoms with E-state index in [-0.39, 0.29) is 0 Å². The molecular formula is C53H32N2S2. The third-order valence-electron chi connectivity index (χ3n) is 11.4. The van der Waals surface area contributed by atoms with Crippen molar-refractivity contribution in [2.45, 2.75) is 0 Å². The molecule has 0 aliphatic carbocycles. The first-order valence-corrected chi connectivity index (χ1v) is 20.9. The summed E-state index contributed by atoms with van der Waals surface area (Å²) in [5, 5.41) is 12.7. The number of fused-ring (bicyclic) bond motifs is 9. The summed E-state index contributed by atoms with van der Waals surface area (Å²) < 4.78 is 5.21. The SMILES string of the molecule is c1ccc2cc(-c3ccc(-c4ccc(N(c5ccc6c(c5)sc5cc7ccccc7cc56)c5ccc6c(c5)sc5cc7ccccc7cc56)cc4)cc3)ncc2c1. The molecule has 0 fully saturated rings. The Kier molecular flexibility index (Phi) is 7.31. The number of rotatable bonds is 5. The molecule has 266 valence electrons. The maximum Gasteiger partial charge on any atom is 0.0708 e. The minimum Gasteiger partial charge on any atom is -0.310 e. The number of anilines is 3. The van der Waals surface area contributed by atoms with Crippen LogP contribution in [0.15, 0.2) is 194 Å². The van der Waals surface area contributed by atoms with Crippen molar-refractivity contribution in [1.82, 2.24) is 4.98 Å². The molecule has 0 bridgehead atoms. The first kappa shape index (κ1) is 32.4. The van der Waals surface area contributed by atoms with Crippen molar-refractivity contribution < 1.29 is 0 Å². The molecule has 0 N–H and O–H groups in total. The lowest BCUT2D eigenvalue weighted by Gasteiger charge is -2.26. The van der Waals surface area contributed by atoms with Gasteiger partial charge in [0.1, 0.15) is 0 Å². The summed E-state index contributed by atoms with van der Waals surface area (Å²) in [7, 11) is 0. The molecular weight excluding hydrogens is 729 g/mol. The summed E-state index contributed by atoms with van der Waals surface area (Å²) in [5.74, 6) is 0. The molecule has 4 heteroatoms. The van der Waals surface area contributed by atoms with Crippen LogP contribution in [0.3, 0.4) is 0 Å². The first-order chi connectivity index (χ1) is 28.2. The van der Waals surface area contributed by atoms with Gasteiger partial charge in [0.05, 0.1) is 5.69 Å². The minimum atomic E-state index is 0.985. The van der Waals surface area contributed by atoms with Crippen molar-refractivity contribution in [3.8, 4) is 22.4 Å². The number of thiophene rings is 2. The average molecular weight is 761 g/mol. The summed E-state index contributed by atoms with van der Waals surface area (Å²) >= 11 is 3.75. The zero-order valence-electron chi connectivity index (χ0n) is 30.7. The molecule has 9 aromatic carbocycles. The van der Waals surface area contributed by atoms with E-state index in [9.17, 15) is 0 Å². The smallest absolute Gasteiger partial charge is 0.0708 e. The Morgan fingerprint density at radius 3 is 1.25 bits per heavy atom. The van der Waals surface area contributed by atoms with E-state index < -0.39 is 0 Å². The van der Waals surface area contributed by atoms with Gasteiger partial charge in [-0.1, -0.05) is 121 Å². The topological polar surface area (TPSA) is 16.1 Å². The minimum absolute atomic E-state index is 0.985. The third-order valence-corrected chi connectivity index (χ3v) is 13.7. The van der Waals surface area contributed by atoms with Crippen LogP contribution in [0.25, 0.3) is 95.0 Å². The van der Waals surface area contributed by atoms with Crippen molar-refractivity contribution in [2.75, 3.05) is 4.90 Å². The summed E-state index contributed by atoms with van der Waals surface area (Å²) in [6.45, 7) is 0. The maximum atomic E-state index is 4.75. The molecule has 0 saturated heterocycles. The van der Waals surface area contributed by atoms with Gasteiger partial charge in [0.15, 0.2) is 0 Å². The quantitative estimate of drug-likeness (QED) is 0.174. The number of benzene rings is 9. The van der Waals surface area contributed by atoms with Gasteiger partial charge in [-0.25, -0.2) is 0 Å². The molecule has 57 heavy (non-hydrogen) atoms. The van der Waals surface area contributed by atoms with Crippen LogP contribution in [0.5, 0.6) is 0 Å². The fourth-order valence-corrected chi connectivity index (χ4v) is 10.8. The van der Waals surface area contributed by atoms with E-state index in [1.165, 1.54) is 78.4 Å². The summed E-state index contributed by atoms with van der Waals surface area (Å²) in [6, 6.07) is 69.0. The van der Waals surface area contributed by atoms with Gasteiger partial charge in [-0.15, -0.1) is 22.7 Å². The lowest BCUT2D eigenvalue weighted by Crippen LogP contribution is -2.09. The number of pyridine rings is 1. The van der Waals surface area contributed by atoms with Gasteiger partial charge < -0.3 is 4.90 Å². The van der Waals surface area contributed by atoms with E-state index in [2.05, 4.69) is 193 Å². The summed E-state index contributed by atoms with van der Waals surface area (Å²) in [5.41, 5.74) is 7.86. The molecule has 0 spiro atoms. The Hall–Kier alpha value is -6.85. The molecule has 3 aromatic heterocycles. The largest absolute Gasteiger partial charge is 0.310 e. The van der Waals surface area contributed by atoms with Gasteiger partial charge in [-0.05, 0) is 105 Å². The molecule has 2 nitrogen and oxygen atoms in total. The lowest BCUT2D eigenvalue weighted by molar-refractivity contribution is 1.30. The van der Waals surface area contributed by atoms with Crippen LogP contribution in [0, 0.1) is 0 Å². The number of aromatic nitrogens is 1. The Morgan fingerprint density at radius 1 is 0.316 bits per heavy atom. The predicted molar refractivity (Wildman–Crippen MR) is 248 cm³/mol. The van der Waals surface area contributed by atoms with Crippen molar-refractivity contribution in [2.24, 2.45) is 0 Å². The predicted octanol–water partition coefficient (Wildman–Crippen LogP) is 16.1. The molecule has 0 aliphatic rings. The van der Waals surface area contributed by atoms with Crippen LogP contribution in [-0.2, 0) is 0 Å². The van der Waals surface area contributed by atoms with Crippen molar-refractivity contribution >= 4 is 112 Å². The molecule has 0 radical (unpaired) electrons. The van der Waals surface area contributed by atoms with Crippen LogP contribution in [-0.4, -0.2) is 4.98 Å². The van der Waals surface area contributed by atoms with Crippen LogP contribution >= 0.6 is 22.7 Å². The fourth-order valence-electron chi connectivity index (χ4n) is 8.50. The van der Waals surface area contributed by atoms with Gasteiger partial charge in [-0.3, -0.25) is 4.98 Å². The highest BCUT2D eigenvalue weighted by atomic mass is 32.1. The van der Waals surface area contributed by atoms with E-state index in [1.807, 2.05) is 28.9 Å². The van der Waals surface area contributed by atoms with Gasteiger partial charge in [0.25, 0.3) is 0 Å². The van der Waals surface area contributed by atoms with Crippen LogP contribution in [0.4, 0.5) is 17.1 Å². The molecule has 0 unspecified atom stereocenters. The van der Waals surface area contributed by atoms with E-state index in [0.29, 0.717) is 0 Å². The summed E-state index contributed by atoms with van der Waals surface area (Å²) in [6.07, 6.45) is 1.96. The van der Waals surface area contributed by atoms with E-state index >= 15 is 0 Å². The molecule has 0 saturated carbocycles. The van der Waals surface area contributed by atoms with Gasteiger partial charge in [-0.2, -0.15) is 0 Å². The van der Waals surface area contributed by atoms with Crippen molar-refractivity contribution in [3.05, 3.63) is 194 Å². The third kappa shape index (κ3) is 5.48. The zero-order valence-corrected chi connectivity index (χ0v) is 32.3. The second kappa shape index (κ2) is 12.9. The molecule has 0 atom stereocenters. The van der Waals surface area contributed by atoms with E-state index in [4.69, 9.17) is 4.98 Å². The van der Waals surface area contributed by atoms with Crippen molar-refractivity contribution in [1.29, 1.82) is 0 Å². The Balaban J connectivity index is 0.957. The Labute approximate surface area is 337 Å². The highest BCUT2D eigenvalue weighted by molar-refractivity contribution is 7.26. The Bertz CT molecular complexity index is 3370. The van der Waals surface area contributed by atoms with Crippen LogP contribution in [0.1, 0.15) is 0 Å². The second-order valence-corrected chi connectivity index (χ2v) is 17.0. The van der Waals surface area contributed by atoms with Gasteiger partial charge in [0, 0.05) is 74.6 Å². The Morgan fingerprint density at radius 2 is 0.719 bits per heavy atom. The van der Waals surface area contributed by atoms with Crippen molar-refractivity contribution in [3.63, 3.8) is 0 Å².